The molecule has 2 heterocycles. The van der Waals surface area contributed by atoms with E-state index < -0.39 is 11.6 Å². The summed E-state index contributed by atoms with van der Waals surface area (Å²) in [5.74, 6) is -0.503. The Balaban J connectivity index is 1.62. The van der Waals surface area contributed by atoms with Crippen LogP contribution >= 0.6 is 11.3 Å². The predicted octanol–water partition coefficient (Wildman–Crippen LogP) is 6.30. The average Bonchev–Trinajstić information content (AvgIpc) is 3.53. The number of carbonyl (C=O) groups is 3. The number of benzene rings is 2. The van der Waals surface area contributed by atoms with Gasteiger partial charge in [-0.3, -0.25) is 9.59 Å². The number of anilines is 1. The molecule has 1 atom stereocenters. The number of thiophene rings is 1. The SMILES string of the molecule is CCC(C)OC(=O)n1nc(NC(=O)c2ccc(CNC(C)C)cc2)c2cc(C(=O)NC(C)(C)c3ccccc3)sc21. The van der Waals surface area contributed by atoms with E-state index in [1.54, 1.807) is 25.1 Å². The van der Waals surface area contributed by atoms with Crippen molar-refractivity contribution in [3.05, 3.63) is 82.2 Å². The molecule has 0 radical (unpaired) electrons. The molecule has 2 amide bonds. The minimum atomic E-state index is -0.676. The van der Waals surface area contributed by atoms with Gasteiger partial charge in [-0.25, -0.2) is 4.79 Å². The summed E-state index contributed by atoms with van der Waals surface area (Å²) < 4.78 is 6.62. The second-order valence-corrected chi connectivity index (χ2v) is 11.9. The maximum Gasteiger partial charge on any atom is 0.436 e. The van der Waals surface area contributed by atoms with E-state index in [1.807, 2.05) is 63.2 Å². The summed E-state index contributed by atoms with van der Waals surface area (Å²) >= 11 is 1.11. The number of ether oxygens (including phenoxy) is 1. The molecule has 0 saturated carbocycles. The Morgan fingerprint density at radius 2 is 1.68 bits per heavy atom. The van der Waals surface area contributed by atoms with E-state index in [-0.39, 0.29) is 23.7 Å². The molecule has 0 spiro atoms. The van der Waals surface area contributed by atoms with E-state index in [1.165, 1.54) is 0 Å². The Kier molecular flexibility index (Phi) is 9.25. The summed E-state index contributed by atoms with van der Waals surface area (Å²) in [5, 5.41) is 14.1. The lowest BCUT2D eigenvalue weighted by Crippen LogP contribution is -2.40. The predicted molar refractivity (Wildman–Crippen MR) is 163 cm³/mol. The number of nitrogens with zero attached hydrogens (tertiary/aromatic N) is 2. The standard InChI is InChI=1S/C31H37N5O4S/c1-7-20(4)40-30(39)36-29-24(17-25(41-29)28(38)34-31(5,6)23-11-9-8-10-12-23)26(35-36)33-27(37)22-15-13-21(14-16-22)18-32-19(2)3/h8-17,19-20,32H,7,18H2,1-6H3,(H,34,38)(H,33,35,37). The lowest BCUT2D eigenvalue weighted by atomic mass is 9.94. The van der Waals surface area contributed by atoms with Gasteiger partial charge in [0, 0.05) is 18.2 Å². The summed E-state index contributed by atoms with van der Waals surface area (Å²) in [6.07, 6.45) is -0.363. The largest absolute Gasteiger partial charge is 0.445 e. The third-order valence-electron chi connectivity index (χ3n) is 6.72. The van der Waals surface area contributed by atoms with E-state index in [2.05, 4.69) is 34.9 Å². The van der Waals surface area contributed by atoms with Crippen molar-refractivity contribution >= 4 is 45.3 Å². The lowest BCUT2D eigenvalue weighted by molar-refractivity contribution is 0.0915. The van der Waals surface area contributed by atoms with Gasteiger partial charge in [-0.2, -0.15) is 4.68 Å². The van der Waals surface area contributed by atoms with Crippen molar-refractivity contribution in [1.29, 1.82) is 0 Å². The van der Waals surface area contributed by atoms with Crippen molar-refractivity contribution in [2.45, 2.75) is 72.2 Å². The fourth-order valence-electron chi connectivity index (χ4n) is 4.09. The molecule has 9 nitrogen and oxygen atoms in total. The molecule has 0 aliphatic heterocycles. The van der Waals surface area contributed by atoms with E-state index in [9.17, 15) is 14.4 Å². The topological polar surface area (TPSA) is 114 Å². The second-order valence-electron chi connectivity index (χ2n) is 10.8. The van der Waals surface area contributed by atoms with Crippen molar-refractivity contribution in [1.82, 2.24) is 20.4 Å². The molecule has 41 heavy (non-hydrogen) atoms. The number of amides is 2. The minimum absolute atomic E-state index is 0.175. The van der Waals surface area contributed by atoms with Gasteiger partial charge in [0.15, 0.2) is 5.82 Å². The summed E-state index contributed by atoms with van der Waals surface area (Å²) in [6, 6.07) is 18.9. The van der Waals surface area contributed by atoms with Crippen molar-refractivity contribution in [3.63, 3.8) is 0 Å². The van der Waals surface area contributed by atoms with Crippen molar-refractivity contribution in [2.75, 3.05) is 5.32 Å². The van der Waals surface area contributed by atoms with Crippen LogP contribution in [0.1, 0.15) is 79.1 Å². The Bertz CT molecular complexity index is 1520. The summed E-state index contributed by atoms with van der Waals surface area (Å²) in [5.41, 5.74) is 1.82. The van der Waals surface area contributed by atoms with Crippen LogP contribution in [-0.2, 0) is 16.8 Å². The Labute approximate surface area is 244 Å². The van der Waals surface area contributed by atoms with Crippen LogP contribution in [0.25, 0.3) is 10.2 Å². The molecular weight excluding hydrogens is 538 g/mol. The van der Waals surface area contributed by atoms with Gasteiger partial charge in [0.1, 0.15) is 10.9 Å². The molecule has 0 aliphatic carbocycles. The number of fused-ring (bicyclic) bond motifs is 1. The Morgan fingerprint density at radius 3 is 2.32 bits per heavy atom. The highest BCUT2D eigenvalue weighted by atomic mass is 32.1. The summed E-state index contributed by atoms with van der Waals surface area (Å²) in [7, 11) is 0. The molecule has 4 aromatic rings. The first kappa shape index (κ1) is 30.0. The van der Waals surface area contributed by atoms with Crippen LogP contribution in [0.2, 0.25) is 0 Å². The molecule has 1 unspecified atom stereocenters. The van der Waals surface area contributed by atoms with Crippen LogP contribution in [0.15, 0.2) is 60.7 Å². The molecule has 0 fully saturated rings. The maximum absolute atomic E-state index is 13.3. The highest BCUT2D eigenvalue weighted by molar-refractivity contribution is 7.20. The molecule has 3 N–H and O–H groups in total. The molecule has 4 rings (SSSR count). The highest BCUT2D eigenvalue weighted by Gasteiger charge is 2.27. The van der Waals surface area contributed by atoms with E-state index >= 15 is 0 Å². The average molecular weight is 576 g/mol. The van der Waals surface area contributed by atoms with Gasteiger partial charge in [-0.15, -0.1) is 16.4 Å². The maximum atomic E-state index is 13.3. The zero-order valence-corrected chi connectivity index (χ0v) is 25.1. The Hall–Kier alpha value is -4.02. The fourth-order valence-corrected chi connectivity index (χ4v) is 5.09. The van der Waals surface area contributed by atoms with E-state index in [4.69, 9.17) is 4.74 Å². The van der Waals surface area contributed by atoms with Gasteiger partial charge < -0.3 is 20.7 Å². The van der Waals surface area contributed by atoms with Crippen LogP contribution in [-0.4, -0.2) is 39.8 Å². The minimum Gasteiger partial charge on any atom is -0.445 e. The number of carbonyl (C=O) groups excluding carboxylic acids is 3. The molecule has 2 aromatic carbocycles. The molecule has 216 valence electrons. The molecular formula is C31H37N5O4S. The lowest BCUT2D eigenvalue weighted by Gasteiger charge is -2.26. The van der Waals surface area contributed by atoms with Gasteiger partial charge in [-0.1, -0.05) is 63.2 Å². The normalized spacial score (nSPS) is 12.4. The first-order valence-electron chi connectivity index (χ1n) is 13.7. The van der Waals surface area contributed by atoms with Crippen LogP contribution in [0, 0.1) is 0 Å². The van der Waals surface area contributed by atoms with Crippen molar-refractivity contribution in [2.24, 2.45) is 0 Å². The fraction of sp³-hybridized carbons (Fsp3) is 0.355. The van der Waals surface area contributed by atoms with Gasteiger partial charge in [0.05, 0.1) is 15.8 Å². The first-order valence-corrected chi connectivity index (χ1v) is 14.6. The number of hydrogen-bond donors (Lipinski definition) is 3. The molecule has 0 saturated heterocycles. The quantitative estimate of drug-likeness (QED) is 0.205. The third kappa shape index (κ3) is 7.20. The Morgan fingerprint density at radius 1 is 1.00 bits per heavy atom. The van der Waals surface area contributed by atoms with E-state index in [0.29, 0.717) is 39.7 Å². The van der Waals surface area contributed by atoms with Crippen LogP contribution in [0.4, 0.5) is 10.6 Å². The van der Waals surface area contributed by atoms with Gasteiger partial charge >= 0.3 is 6.09 Å². The first-order chi connectivity index (χ1) is 19.5. The number of hydrogen-bond acceptors (Lipinski definition) is 7. The molecule has 0 aliphatic rings. The van der Waals surface area contributed by atoms with Gasteiger partial charge in [0.2, 0.25) is 0 Å². The van der Waals surface area contributed by atoms with Crippen LogP contribution in [0.5, 0.6) is 0 Å². The molecule has 2 aromatic heterocycles. The van der Waals surface area contributed by atoms with Gasteiger partial charge in [-0.05, 0) is 56.5 Å². The van der Waals surface area contributed by atoms with Gasteiger partial charge in [0.25, 0.3) is 11.8 Å². The highest BCUT2D eigenvalue weighted by Crippen LogP contribution is 2.33. The number of rotatable bonds is 10. The zero-order chi connectivity index (χ0) is 29.7. The smallest absolute Gasteiger partial charge is 0.436 e. The summed E-state index contributed by atoms with van der Waals surface area (Å²) in [4.78, 5) is 40.3. The van der Waals surface area contributed by atoms with Crippen LogP contribution in [0.3, 0.4) is 0 Å². The van der Waals surface area contributed by atoms with Crippen molar-refractivity contribution < 1.29 is 19.1 Å². The summed E-state index contributed by atoms with van der Waals surface area (Å²) in [6.45, 7) is 12.4. The van der Waals surface area contributed by atoms with E-state index in [0.717, 1.165) is 27.1 Å². The number of nitrogens with one attached hydrogen (secondary N) is 3. The monoisotopic (exact) mass is 575 g/mol. The second kappa shape index (κ2) is 12.7. The third-order valence-corrected chi connectivity index (χ3v) is 7.83. The zero-order valence-electron chi connectivity index (χ0n) is 24.3. The van der Waals surface area contributed by atoms with Crippen molar-refractivity contribution in [3.8, 4) is 0 Å². The molecule has 0 bridgehead atoms. The van der Waals surface area contributed by atoms with Crippen LogP contribution < -0.4 is 16.0 Å². The number of aromatic nitrogens is 2. The molecule has 10 heteroatoms.